The lowest BCUT2D eigenvalue weighted by Crippen LogP contribution is -2.42. The molecule has 0 atom stereocenters. The molecule has 0 fully saturated rings. The minimum Gasteiger partial charge on any atom is -0.280 e. The van der Waals surface area contributed by atoms with Crippen molar-refractivity contribution in [2.75, 3.05) is 4.90 Å². The second kappa shape index (κ2) is 7.48. The van der Waals surface area contributed by atoms with Gasteiger partial charge < -0.3 is 0 Å². The minimum atomic E-state index is -0.849. The number of benzene rings is 2. The molecule has 6 heteroatoms. The van der Waals surface area contributed by atoms with Gasteiger partial charge in [0.2, 0.25) is 5.91 Å². The van der Waals surface area contributed by atoms with Crippen molar-refractivity contribution in [3.05, 3.63) is 109 Å². The molecule has 30 heavy (non-hydrogen) atoms. The lowest BCUT2D eigenvalue weighted by molar-refractivity contribution is -0.122. The number of para-hydroxylation sites is 2. The Bertz CT molecular complexity index is 1120. The number of carbonyl (C=O) groups is 1. The number of hydrogen-bond acceptors (Lipinski definition) is 5. The van der Waals surface area contributed by atoms with Crippen molar-refractivity contribution >= 4 is 17.3 Å². The normalized spacial score (nSPS) is 14.5. The highest BCUT2D eigenvalue weighted by Gasteiger charge is 2.51. The second-order valence-corrected chi connectivity index (χ2v) is 7.32. The molecule has 0 saturated heterocycles. The first-order chi connectivity index (χ1) is 14.8. The first-order valence-electron chi connectivity index (χ1n) is 9.77. The minimum absolute atomic E-state index is 0.00575. The van der Waals surface area contributed by atoms with Gasteiger partial charge >= 0.3 is 0 Å². The van der Waals surface area contributed by atoms with Gasteiger partial charge in [-0.2, -0.15) is 0 Å². The molecule has 0 unspecified atom stereocenters. The molecule has 6 nitrogen and oxygen atoms in total. The molecule has 0 aliphatic carbocycles. The lowest BCUT2D eigenvalue weighted by Gasteiger charge is -2.28. The lowest BCUT2D eigenvalue weighted by atomic mass is 9.74. The van der Waals surface area contributed by atoms with Crippen molar-refractivity contribution in [1.82, 2.24) is 19.9 Å². The third-order valence-corrected chi connectivity index (χ3v) is 5.49. The summed E-state index contributed by atoms with van der Waals surface area (Å²) in [7, 11) is 0. The first kappa shape index (κ1) is 18.1. The Balaban J connectivity index is 1.70. The van der Waals surface area contributed by atoms with Gasteiger partial charge in [-0.15, -0.1) is 0 Å². The van der Waals surface area contributed by atoms with Crippen LogP contribution in [0.15, 0.2) is 91.8 Å². The van der Waals surface area contributed by atoms with Crippen LogP contribution in [0.25, 0.3) is 0 Å². The average molecular weight is 393 g/mol. The molecule has 0 spiro atoms. The Labute approximate surface area is 174 Å². The summed E-state index contributed by atoms with van der Waals surface area (Å²) in [6.07, 6.45) is 10.9. The Hall–Kier alpha value is -3.93. The van der Waals surface area contributed by atoms with E-state index in [1.165, 1.54) is 0 Å². The monoisotopic (exact) mass is 393 g/mol. The zero-order chi connectivity index (χ0) is 20.4. The number of hydrogen-bond donors (Lipinski definition) is 0. The summed E-state index contributed by atoms with van der Waals surface area (Å²) in [5, 5.41) is 0. The second-order valence-electron chi connectivity index (χ2n) is 7.32. The largest absolute Gasteiger partial charge is 0.280 e. The molecule has 3 heterocycles. The molecular formula is C24H19N5O. The number of anilines is 2. The Morgan fingerprint density at radius 1 is 0.733 bits per heavy atom. The maximum absolute atomic E-state index is 14.1. The van der Waals surface area contributed by atoms with Crippen LogP contribution in [0.1, 0.15) is 17.0 Å². The molecule has 146 valence electrons. The van der Waals surface area contributed by atoms with Gasteiger partial charge in [-0.25, -0.2) is 0 Å². The Morgan fingerprint density at radius 2 is 1.33 bits per heavy atom. The molecule has 2 aromatic carbocycles. The predicted molar refractivity (Wildman–Crippen MR) is 113 cm³/mol. The van der Waals surface area contributed by atoms with Crippen LogP contribution in [0.3, 0.4) is 0 Å². The van der Waals surface area contributed by atoms with Crippen molar-refractivity contribution in [3.63, 3.8) is 0 Å². The quantitative estimate of drug-likeness (QED) is 0.517. The SMILES string of the molecule is O=C1N(c2ccccc2)c2ccccc2C1(Cc1cnccn1)Cc1cnccn1. The molecular weight excluding hydrogens is 374 g/mol. The number of rotatable bonds is 5. The predicted octanol–water partition coefficient (Wildman–Crippen LogP) is 3.67. The van der Waals surface area contributed by atoms with E-state index in [2.05, 4.69) is 19.9 Å². The molecule has 5 rings (SSSR count). The van der Waals surface area contributed by atoms with Gasteiger partial charge in [0.1, 0.15) is 0 Å². The topological polar surface area (TPSA) is 71.9 Å². The fraction of sp³-hybridized carbons (Fsp3) is 0.125. The highest BCUT2D eigenvalue weighted by molar-refractivity contribution is 6.13. The van der Waals surface area contributed by atoms with Crippen LogP contribution in [-0.4, -0.2) is 25.8 Å². The number of amides is 1. The van der Waals surface area contributed by atoms with E-state index in [-0.39, 0.29) is 5.91 Å². The average Bonchev–Trinajstić information content (AvgIpc) is 3.04. The van der Waals surface area contributed by atoms with E-state index in [0.29, 0.717) is 12.8 Å². The molecule has 1 aliphatic rings. The van der Waals surface area contributed by atoms with Crippen LogP contribution in [0, 0.1) is 0 Å². The molecule has 2 aromatic heterocycles. The van der Waals surface area contributed by atoms with Crippen molar-refractivity contribution in [1.29, 1.82) is 0 Å². The standard InChI is InChI=1S/C24H19N5O/c30-23-24(14-18-16-25-10-12-27-18,15-19-17-26-11-13-28-19)21-8-4-5-9-22(21)29(23)20-6-2-1-3-7-20/h1-13,16-17H,14-15H2. The maximum Gasteiger partial charge on any atom is 0.243 e. The van der Waals surface area contributed by atoms with Gasteiger partial charge in [0.15, 0.2) is 0 Å². The molecule has 0 N–H and O–H groups in total. The third kappa shape index (κ3) is 3.03. The molecule has 0 saturated carbocycles. The van der Waals surface area contributed by atoms with Crippen LogP contribution < -0.4 is 4.90 Å². The summed E-state index contributed by atoms with van der Waals surface area (Å²) in [5.41, 5.74) is 3.38. The molecule has 0 bridgehead atoms. The fourth-order valence-corrected chi connectivity index (χ4v) is 4.21. The van der Waals surface area contributed by atoms with Crippen molar-refractivity contribution in [2.45, 2.75) is 18.3 Å². The number of aromatic nitrogens is 4. The highest BCUT2D eigenvalue weighted by atomic mass is 16.2. The van der Waals surface area contributed by atoms with Gasteiger partial charge in [0, 0.05) is 55.7 Å². The van der Waals surface area contributed by atoms with Gasteiger partial charge in [-0.3, -0.25) is 29.6 Å². The van der Waals surface area contributed by atoms with Crippen molar-refractivity contribution in [2.24, 2.45) is 0 Å². The van der Waals surface area contributed by atoms with Crippen molar-refractivity contribution < 1.29 is 4.79 Å². The Morgan fingerprint density at radius 3 is 1.93 bits per heavy atom. The molecule has 4 aromatic rings. The number of fused-ring (bicyclic) bond motifs is 1. The number of carbonyl (C=O) groups excluding carboxylic acids is 1. The zero-order valence-electron chi connectivity index (χ0n) is 16.2. The van der Waals surface area contributed by atoms with Gasteiger partial charge in [0.25, 0.3) is 0 Å². The molecule has 0 radical (unpaired) electrons. The summed E-state index contributed by atoms with van der Waals surface area (Å²) in [6, 6.07) is 17.7. The smallest absolute Gasteiger partial charge is 0.243 e. The third-order valence-electron chi connectivity index (χ3n) is 5.49. The summed E-state index contributed by atoms with van der Waals surface area (Å²) in [4.78, 5) is 33.3. The van der Waals surface area contributed by atoms with E-state index in [9.17, 15) is 4.79 Å². The first-order valence-corrected chi connectivity index (χ1v) is 9.77. The van der Waals surface area contributed by atoms with Crippen LogP contribution in [0.4, 0.5) is 11.4 Å². The van der Waals surface area contributed by atoms with Gasteiger partial charge in [-0.05, 0) is 23.8 Å². The number of nitrogens with zero attached hydrogens (tertiary/aromatic N) is 5. The van der Waals surface area contributed by atoms with Crippen molar-refractivity contribution in [3.8, 4) is 0 Å². The van der Waals surface area contributed by atoms with E-state index >= 15 is 0 Å². The van der Waals surface area contributed by atoms with E-state index in [0.717, 1.165) is 28.3 Å². The summed E-state index contributed by atoms with van der Waals surface area (Å²) in [5.74, 6) is 0.00575. The van der Waals surface area contributed by atoms with E-state index in [1.807, 2.05) is 59.5 Å². The van der Waals surface area contributed by atoms with Gasteiger partial charge in [-0.1, -0.05) is 36.4 Å². The van der Waals surface area contributed by atoms with Crippen LogP contribution in [0.2, 0.25) is 0 Å². The summed E-state index contributed by atoms with van der Waals surface area (Å²) >= 11 is 0. The van der Waals surface area contributed by atoms with E-state index in [4.69, 9.17) is 0 Å². The van der Waals surface area contributed by atoms with E-state index < -0.39 is 5.41 Å². The zero-order valence-corrected chi connectivity index (χ0v) is 16.2. The summed E-state index contributed by atoms with van der Waals surface area (Å²) in [6.45, 7) is 0. The fourth-order valence-electron chi connectivity index (χ4n) is 4.21. The highest BCUT2D eigenvalue weighted by Crippen LogP contribution is 2.48. The van der Waals surface area contributed by atoms with Gasteiger partial charge in [0.05, 0.1) is 22.5 Å². The van der Waals surface area contributed by atoms with Crippen LogP contribution >= 0.6 is 0 Å². The Kier molecular flexibility index (Phi) is 4.52. The summed E-state index contributed by atoms with van der Waals surface area (Å²) < 4.78 is 0. The van der Waals surface area contributed by atoms with E-state index in [1.54, 1.807) is 37.2 Å². The molecule has 1 amide bonds. The van der Waals surface area contributed by atoms with Crippen LogP contribution in [-0.2, 0) is 23.1 Å². The maximum atomic E-state index is 14.1. The molecule has 1 aliphatic heterocycles. The van der Waals surface area contributed by atoms with Crippen LogP contribution in [0.5, 0.6) is 0 Å².